The van der Waals surface area contributed by atoms with E-state index in [2.05, 4.69) is 10.6 Å². The Morgan fingerprint density at radius 2 is 1.22 bits per heavy atom. The zero-order valence-electron chi connectivity index (χ0n) is 16.8. The number of rotatable bonds is 15. The van der Waals surface area contributed by atoms with Gasteiger partial charge in [-0.25, -0.2) is 4.79 Å². The van der Waals surface area contributed by atoms with Crippen molar-refractivity contribution in [2.45, 2.75) is 49.9 Å². The van der Waals surface area contributed by atoms with Gasteiger partial charge in [0.05, 0.1) is 25.5 Å². The predicted molar refractivity (Wildman–Crippen MR) is 103 cm³/mol. The second-order valence-corrected chi connectivity index (χ2v) is 6.58. The number of carbonyl (C=O) groups is 7. The topological polar surface area (TPSA) is 294 Å². The molecule has 16 nitrogen and oxygen atoms in total. The van der Waals surface area contributed by atoms with Crippen LogP contribution in [-0.2, 0) is 33.6 Å². The molecule has 12 N–H and O–H groups in total. The van der Waals surface area contributed by atoms with Crippen LogP contribution in [0.25, 0.3) is 0 Å². The molecule has 0 spiro atoms. The maximum Gasteiger partial charge on any atom is 0.328 e. The summed E-state index contributed by atoms with van der Waals surface area (Å²) in [6.07, 6.45) is -2.30. The van der Waals surface area contributed by atoms with Crippen LogP contribution in [0.15, 0.2) is 0 Å². The van der Waals surface area contributed by atoms with Gasteiger partial charge in [0, 0.05) is 6.42 Å². The molecule has 0 aliphatic heterocycles. The van der Waals surface area contributed by atoms with Gasteiger partial charge < -0.3 is 48.5 Å². The van der Waals surface area contributed by atoms with Crippen molar-refractivity contribution in [2.24, 2.45) is 17.2 Å². The number of hydrogen-bond donors (Lipinski definition) is 9. The fraction of sp³-hybridized carbons (Fsp3) is 0.562. The van der Waals surface area contributed by atoms with Gasteiger partial charge in [0.1, 0.15) is 18.1 Å². The molecule has 4 atom stereocenters. The molecule has 0 radical (unpaired) electrons. The molecule has 4 unspecified atom stereocenters. The van der Waals surface area contributed by atoms with E-state index in [4.69, 9.17) is 32.5 Å². The van der Waals surface area contributed by atoms with Gasteiger partial charge in [-0.15, -0.1) is 0 Å². The first-order valence-electron chi connectivity index (χ1n) is 9.07. The van der Waals surface area contributed by atoms with Crippen molar-refractivity contribution in [3.05, 3.63) is 0 Å². The molecule has 0 bridgehead atoms. The highest BCUT2D eigenvalue weighted by Crippen LogP contribution is 2.03. The van der Waals surface area contributed by atoms with Crippen LogP contribution in [0.3, 0.4) is 0 Å². The van der Waals surface area contributed by atoms with E-state index in [-0.39, 0.29) is 6.42 Å². The Hall–Kier alpha value is -3.79. The normalized spacial score (nSPS) is 14.2. The van der Waals surface area contributed by atoms with Crippen LogP contribution in [0.2, 0.25) is 0 Å². The molecule has 0 saturated heterocycles. The molecule has 0 aromatic rings. The van der Waals surface area contributed by atoms with Crippen LogP contribution in [-0.4, -0.2) is 87.6 Å². The average molecular weight is 462 g/mol. The third-order valence-electron chi connectivity index (χ3n) is 3.88. The molecule has 0 aromatic heterocycles. The van der Waals surface area contributed by atoms with Crippen molar-refractivity contribution in [3.8, 4) is 0 Å². The lowest BCUT2D eigenvalue weighted by molar-refractivity contribution is -0.143. The minimum Gasteiger partial charge on any atom is -0.481 e. The Morgan fingerprint density at radius 3 is 1.66 bits per heavy atom. The summed E-state index contributed by atoms with van der Waals surface area (Å²) in [6, 6.07) is -6.50. The van der Waals surface area contributed by atoms with Crippen molar-refractivity contribution in [1.29, 1.82) is 0 Å². The van der Waals surface area contributed by atoms with Gasteiger partial charge in [-0.1, -0.05) is 0 Å². The summed E-state index contributed by atoms with van der Waals surface area (Å²) >= 11 is 0. The van der Waals surface area contributed by atoms with Crippen LogP contribution in [0.5, 0.6) is 0 Å². The molecule has 0 aromatic carbocycles. The third-order valence-corrected chi connectivity index (χ3v) is 3.88. The van der Waals surface area contributed by atoms with Crippen LogP contribution >= 0.6 is 0 Å². The van der Waals surface area contributed by atoms with E-state index in [9.17, 15) is 33.6 Å². The van der Waals surface area contributed by atoms with Crippen molar-refractivity contribution in [1.82, 2.24) is 16.0 Å². The van der Waals surface area contributed by atoms with Crippen molar-refractivity contribution in [2.75, 3.05) is 6.61 Å². The summed E-state index contributed by atoms with van der Waals surface area (Å²) in [4.78, 5) is 80.9. The number of hydrogen-bond acceptors (Lipinski definition) is 9. The standard InChI is InChI=1S/C16H26N6O10/c17-6(3-12(26)27)13(28)20-7(1-2-10(18)24)14(29)21-8(4-11(19)25)15(30)22-9(5-23)16(31)32/h6-9,23H,1-5,17H2,(H2,18,24)(H2,19,25)(H,20,28)(H,21,29)(H,22,30)(H,26,27)(H,31,32). The molecule has 0 heterocycles. The number of nitrogens with one attached hydrogen (secondary N) is 3. The molecule has 0 fully saturated rings. The van der Waals surface area contributed by atoms with Gasteiger partial charge in [-0.3, -0.25) is 28.8 Å². The van der Waals surface area contributed by atoms with Crippen molar-refractivity contribution in [3.63, 3.8) is 0 Å². The van der Waals surface area contributed by atoms with Crippen molar-refractivity contribution < 1.29 is 48.9 Å². The number of carboxylic acids is 2. The Kier molecular flexibility index (Phi) is 11.9. The fourth-order valence-electron chi connectivity index (χ4n) is 2.26. The Morgan fingerprint density at radius 1 is 0.719 bits per heavy atom. The average Bonchev–Trinajstić information content (AvgIpc) is 2.66. The van der Waals surface area contributed by atoms with Gasteiger partial charge in [-0.2, -0.15) is 0 Å². The van der Waals surface area contributed by atoms with Crippen LogP contribution in [0, 0.1) is 0 Å². The van der Waals surface area contributed by atoms with Gasteiger partial charge in [0.15, 0.2) is 0 Å². The van der Waals surface area contributed by atoms with Gasteiger partial charge in [0.25, 0.3) is 0 Å². The first-order chi connectivity index (χ1) is 14.8. The summed E-state index contributed by atoms with van der Waals surface area (Å²) in [6.45, 7) is -0.989. The molecule has 180 valence electrons. The predicted octanol–water partition coefficient (Wildman–Crippen LogP) is -5.54. The highest BCUT2D eigenvalue weighted by molar-refractivity contribution is 5.96. The second-order valence-electron chi connectivity index (χ2n) is 6.58. The molecule has 32 heavy (non-hydrogen) atoms. The number of aliphatic hydroxyl groups excluding tert-OH is 1. The number of aliphatic hydroxyl groups is 1. The quantitative estimate of drug-likeness (QED) is 0.110. The largest absolute Gasteiger partial charge is 0.481 e. The van der Waals surface area contributed by atoms with E-state index in [1.165, 1.54) is 0 Å². The number of primary amides is 2. The monoisotopic (exact) mass is 462 g/mol. The molecule has 0 rings (SSSR count). The van der Waals surface area contributed by atoms with Crippen LogP contribution in [0.1, 0.15) is 25.7 Å². The lowest BCUT2D eigenvalue weighted by Gasteiger charge is -2.24. The van der Waals surface area contributed by atoms with E-state index in [1.54, 1.807) is 0 Å². The molecule has 0 aliphatic rings. The summed E-state index contributed by atoms with van der Waals surface area (Å²) in [7, 11) is 0. The van der Waals surface area contributed by atoms with E-state index in [0.717, 1.165) is 0 Å². The highest BCUT2D eigenvalue weighted by atomic mass is 16.4. The van der Waals surface area contributed by atoms with Gasteiger partial charge in [0.2, 0.25) is 29.5 Å². The highest BCUT2D eigenvalue weighted by Gasteiger charge is 2.31. The van der Waals surface area contributed by atoms with E-state index in [0.29, 0.717) is 0 Å². The first-order valence-corrected chi connectivity index (χ1v) is 9.07. The number of carboxylic acid groups (broad SMARTS) is 2. The van der Waals surface area contributed by atoms with Gasteiger partial charge >= 0.3 is 11.9 Å². The lowest BCUT2D eigenvalue weighted by Crippen LogP contribution is -2.58. The zero-order valence-corrected chi connectivity index (χ0v) is 16.8. The number of aliphatic carboxylic acids is 2. The SMILES string of the molecule is NC(=O)CCC(NC(=O)C(N)CC(=O)O)C(=O)NC(CC(N)=O)C(=O)NC(CO)C(=O)O. The second kappa shape index (κ2) is 13.5. The molecule has 16 heteroatoms. The summed E-state index contributed by atoms with van der Waals surface area (Å²) in [5.74, 6) is -8.21. The maximum atomic E-state index is 12.6. The maximum absolute atomic E-state index is 12.6. The summed E-state index contributed by atoms with van der Waals surface area (Å²) in [5.41, 5.74) is 15.5. The molecular formula is C16H26N6O10. The van der Waals surface area contributed by atoms with Crippen LogP contribution < -0.4 is 33.2 Å². The van der Waals surface area contributed by atoms with E-state index < -0.39 is 91.5 Å². The minimum atomic E-state index is -1.74. The molecular weight excluding hydrogens is 436 g/mol. The molecule has 0 saturated carbocycles. The number of nitrogens with two attached hydrogens (primary N) is 3. The third kappa shape index (κ3) is 10.8. The summed E-state index contributed by atoms with van der Waals surface area (Å²) in [5, 5.41) is 32.7. The minimum absolute atomic E-state index is 0.369. The molecule has 5 amide bonds. The smallest absolute Gasteiger partial charge is 0.328 e. The van der Waals surface area contributed by atoms with E-state index in [1.807, 2.05) is 5.32 Å². The fourth-order valence-corrected chi connectivity index (χ4v) is 2.26. The van der Waals surface area contributed by atoms with Crippen LogP contribution in [0.4, 0.5) is 0 Å². The number of amides is 5. The zero-order chi connectivity index (χ0) is 25.0. The number of carbonyl (C=O) groups excluding carboxylic acids is 5. The lowest BCUT2D eigenvalue weighted by atomic mass is 10.1. The Labute approximate surface area is 180 Å². The Bertz CT molecular complexity index is 758. The van der Waals surface area contributed by atoms with Crippen molar-refractivity contribution >= 4 is 41.5 Å². The first kappa shape index (κ1) is 28.2. The summed E-state index contributed by atoms with van der Waals surface area (Å²) < 4.78 is 0. The van der Waals surface area contributed by atoms with Gasteiger partial charge in [-0.05, 0) is 6.42 Å². The molecule has 0 aliphatic carbocycles. The Balaban J connectivity index is 5.51. The van der Waals surface area contributed by atoms with E-state index >= 15 is 0 Å².